The van der Waals surface area contributed by atoms with Gasteiger partial charge >= 0.3 is 11.7 Å². The molecule has 10 nitrogen and oxygen atoms in total. The van der Waals surface area contributed by atoms with Crippen LogP contribution in [0.5, 0.6) is 6.01 Å². The van der Waals surface area contributed by atoms with Crippen molar-refractivity contribution in [3.05, 3.63) is 10.1 Å². The summed E-state index contributed by atoms with van der Waals surface area (Å²) in [5.74, 6) is -0.223. The Balaban J connectivity index is 3.18. The van der Waals surface area contributed by atoms with E-state index in [9.17, 15) is 15.2 Å². The lowest BCUT2D eigenvalue weighted by molar-refractivity contribution is -0.383. The molecule has 0 aromatic carbocycles. The molecular weight excluding hydrogens is 304 g/mol. The van der Waals surface area contributed by atoms with Crippen LogP contribution in [0.15, 0.2) is 0 Å². The minimum atomic E-state index is -0.632. The third-order valence-electron chi connectivity index (χ3n) is 3.09. The molecule has 0 fully saturated rings. The van der Waals surface area contributed by atoms with Gasteiger partial charge in [-0.05, 0) is 19.4 Å². The van der Waals surface area contributed by atoms with Crippen molar-refractivity contribution in [3.8, 4) is 6.01 Å². The Bertz CT molecular complexity index is 513. The summed E-state index contributed by atoms with van der Waals surface area (Å²) in [6.45, 7) is 3.22. The summed E-state index contributed by atoms with van der Waals surface area (Å²) in [6.07, 6.45) is 2.33. The van der Waals surface area contributed by atoms with Gasteiger partial charge in [0, 0.05) is 13.1 Å². The largest absolute Gasteiger partial charge is 0.463 e. The summed E-state index contributed by atoms with van der Waals surface area (Å²) in [6, 6.07) is -0.00719. The summed E-state index contributed by atoms with van der Waals surface area (Å²) in [4.78, 5) is 20.2. The Morgan fingerprint density at radius 2 is 2.09 bits per heavy atom. The maximum absolute atomic E-state index is 11.3. The molecule has 10 heteroatoms. The first-order valence-electron chi connectivity index (χ1n) is 7.55. The van der Waals surface area contributed by atoms with Crippen molar-refractivity contribution in [2.75, 3.05) is 43.5 Å². The molecule has 1 aromatic heterocycles. The average Bonchev–Trinajstić information content (AvgIpc) is 2.50. The summed E-state index contributed by atoms with van der Waals surface area (Å²) >= 11 is 0. The number of rotatable bonds is 11. The number of nitrogen functional groups attached to an aromatic ring is 1. The Labute approximate surface area is 134 Å². The van der Waals surface area contributed by atoms with Crippen LogP contribution in [-0.4, -0.2) is 52.8 Å². The zero-order valence-corrected chi connectivity index (χ0v) is 13.3. The minimum Gasteiger partial charge on any atom is -0.463 e. The molecule has 0 saturated carbocycles. The SMILES string of the molecule is CCCCOc1nc(N)c([N+](=O)[O-])c(N(CCO)CCCN)n1. The quantitative estimate of drug-likeness (QED) is 0.295. The predicted molar refractivity (Wildman–Crippen MR) is 86.5 cm³/mol. The fraction of sp³-hybridized carbons (Fsp3) is 0.692. The maximum Gasteiger partial charge on any atom is 0.353 e. The molecule has 0 unspecified atom stereocenters. The number of hydrogen-bond acceptors (Lipinski definition) is 9. The van der Waals surface area contributed by atoms with Crippen LogP contribution in [0.25, 0.3) is 0 Å². The number of nitrogens with zero attached hydrogens (tertiary/aromatic N) is 4. The second-order valence-corrected chi connectivity index (χ2v) is 4.88. The number of nitrogens with two attached hydrogens (primary N) is 2. The van der Waals surface area contributed by atoms with Gasteiger partial charge in [-0.2, -0.15) is 9.97 Å². The van der Waals surface area contributed by atoms with Gasteiger partial charge in [0.25, 0.3) is 0 Å². The van der Waals surface area contributed by atoms with Crippen molar-refractivity contribution in [3.63, 3.8) is 0 Å². The molecule has 1 heterocycles. The number of anilines is 2. The monoisotopic (exact) mass is 328 g/mol. The second-order valence-electron chi connectivity index (χ2n) is 4.88. The first-order chi connectivity index (χ1) is 11.0. The fourth-order valence-electron chi connectivity index (χ4n) is 1.93. The summed E-state index contributed by atoms with van der Waals surface area (Å²) in [5, 5.41) is 20.5. The van der Waals surface area contributed by atoms with Crippen LogP contribution < -0.4 is 21.1 Å². The van der Waals surface area contributed by atoms with E-state index < -0.39 is 10.6 Å². The Morgan fingerprint density at radius 1 is 1.35 bits per heavy atom. The van der Waals surface area contributed by atoms with E-state index in [1.165, 1.54) is 0 Å². The molecule has 1 aromatic rings. The number of ether oxygens (including phenoxy) is 1. The minimum absolute atomic E-state index is 0.00719. The van der Waals surface area contributed by atoms with Crippen LogP contribution in [-0.2, 0) is 0 Å². The topological polar surface area (TPSA) is 154 Å². The number of aromatic nitrogens is 2. The van der Waals surface area contributed by atoms with Gasteiger partial charge in [-0.25, -0.2) is 0 Å². The Hall–Kier alpha value is -2.20. The predicted octanol–water partition coefficient (Wildman–Crippen LogP) is 0.293. The van der Waals surface area contributed by atoms with Gasteiger partial charge in [-0.15, -0.1) is 0 Å². The molecule has 0 bridgehead atoms. The van der Waals surface area contributed by atoms with E-state index in [0.717, 1.165) is 12.8 Å². The summed E-state index contributed by atoms with van der Waals surface area (Å²) < 4.78 is 5.40. The van der Waals surface area contributed by atoms with Crippen molar-refractivity contribution in [1.82, 2.24) is 9.97 Å². The number of aliphatic hydroxyl groups excluding tert-OH is 1. The van der Waals surface area contributed by atoms with Crippen LogP contribution in [0.3, 0.4) is 0 Å². The van der Waals surface area contributed by atoms with Crippen LogP contribution >= 0.6 is 0 Å². The molecule has 1 rings (SSSR count). The van der Waals surface area contributed by atoms with E-state index in [4.69, 9.17) is 16.2 Å². The highest BCUT2D eigenvalue weighted by atomic mass is 16.6. The molecule has 0 aliphatic carbocycles. The van der Waals surface area contributed by atoms with Crippen molar-refractivity contribution in [2.45, 2.75) is 26.2 Å². The Morgan fingerprint density at radius 3 is 2.65 bits per heavy atom. The van der Waals surface area contributed by atoms with E-state index in [2.05, 4.69) is 9.97 Å². The average molecular weight is 328 g/mol. The van der Waals surface area contributed by atoms with Crippen LogP contribution in [0.1, 0.15) is 26.2 Å². The smallest absolute Gasteiger partial charge is 0.353 e. The third-order valence-corrected chi connectivity index (χ3v) is 3.09. The lowest BCUT2D eigenvalue weighted by atomic mass is 10.3. The lowest BCUT2D eigenvalue weighted by Gasteiger charge is -2.22. The fourth-order valence-corrected chi connectivity index (χ4v) is 1.93. The molecular formula is C13H24N6O4. The maximum atomic E-state index is 11.3. The number of aliphatic hydroxyl groups is 1. The highest BCUT2D eigenvalue weighted by molar-refractivity contribution is 5.69. The molecule has 0 radical (unpaired) electrons. The second kappa shape index (κ2) is 9.74. The van der Waals surface area contributed by atoms with E-state index in [-0.39, 0.29) is 30.8 Å². The first kappa shape index (κ1) is 18.8. The van der Waals surface area contributed by atoms with Gasteiger partial charge in [-0.3, -0.25) is 10.1 Å². The molecule has 0 spiro atoms. The van der Waals surface area contributed by atoms with Crippen LogP contribution in [0.4, 0.5) is 17.3 Å². The van der Waals surface area contributed by atoms with Gasteiger partial charge in [0.05, 0.1) is 18.1 Å². The van der Waals surface area contributed by atoms with Gasteiger partial charge in [0.1, 0.15) is 0 Å². The summed E-state index contributed by atoms with van der Waals surface area (Å²) in [5.41, 5.74) is 10.8. The van der Waals surface area contributed by atoms with Gasteiger partial charge < -0.3 is 26.2 Å². The standard InChI is InChI=1S/C13H24N6O4/c1-2-3-9-23-13-16-11(15)10(19(21)22)12(17-13)18(7-8-20)6-4-5-14/h20H,2-9,14H2,1H3,(H2,15,16,17). The van der Waals surface area contributed by atoms with E-state index in [0.29, 0.717) is 26.1 Å². The van der Waals surface area contributed by atoms with Crippen LogP contribution in [0.2, 0.25) is 0 Å². The van der Waals surface area contributed by atoms with Crippen LogP contribution in [0, 0.1) is 10.1 Å². The van der Waals surface area contributed by atoms with Gasteiger partial charge in [0.15, 0.2) is 0 Å². The molecule has 23 heavy (non-hydrogen) atoms. The molecule has 0 atom stereocenters. The molecule has 0 amide bonds. The van der Waals surface area contributed by atoms with Gasteiger partial charge in [-0.1, -0.05) is 13.3 Å². The zero-order chi connectivity index (χ0) is 17.2. The van der Waals surface area contributed by atoms with E-state index in [1.54, 1.807) is 4.90 Å². The van der Waals surface area contributed by atoms with Gasteiger partial charge in [0.2, 0.25) is 11.6 Å². The van der Waals surface area contributed by atoms with E-state index in [1.807, 2.05) is 6.92 Å². The molecule has 0 saturated heterocycles. The molecule has 5 N–H and O–H groups in total. The zero-order valence-electron chi connectivity index (χ0n) is 13.3. The number of hydrogen-bond donors (Lipinski definition) is 3. The Kier molecular flexibility index (Phi) is 7.98. The summed E-state index contributed by atoms with van der Waals surface area (Å²) in [7, 11) is 0. The van der Waals surface area contributed by atoms with Crippen molar-refractivity contribution in [2.24, 2.45) is 5.73 Å². The molecule has 0 aliphatic rings. The van der Waals surface area contributed by atoms with Crippen molar-refractivity contribution in [1.29, 1.82) is 0 Å². The number of unbranched alkanes of at least 4 members (excludes halogenated alkanes) is 1. The third kappa shape index (κ3) is 5.49. The lowest BCUT2D eigenvalue weighted by Crippen LogP contribution is -2.31. The normalized spacial score (nSPS) is 10.6. The highest BCUT2D eigenvalue weighted by Crippen LogP contribution is 2.32. The van der Waals surface area contributed by atoms with Crippen molar-refractivity contribution < 1.29 is 14.8 Å². The molecule has 0 aliphatic heterocycles. The van der Waals surface area contributed by atoms with E-state index >= 15 is 0 Å². The molecule has 130 valence electrons. The van der Waals surface area contributed by atoms with Crippen molar-refractivity contribution >= 4 is 17.3 Å². The first-order valence-corrected chi connectivity index (χ1v) is 7.55. The highest BCUT2D eigenvalue weighted by Gasteiger charge is 2.27. The number of nitro groups is 1.